The molecular weight excluding hydrogens is 354 g/mol. The van der Waals surface area contributed by atoms with Crippen LogP contribution in [0.5, 0.6) is 11.5 Å². The molecule has 2 aromatic carbocycles. The second-order valence-electron chi connectivity index (χ2n) is 7.06. The van der Waals surface area contributed by atoms with Crippen molar-refractivity contribution in [1.29, 1.82) is 0 Å². The summed E-state index contributed by atoms with van der Waals surface area (Å²) in [4.78, 5) is 14.9. The first-order valence-corrected chi connectivity index (χ1v) is 9.38. The van der Waals surface area contributed by atoms with Crippen LogP contribution < -0.4 is 4.74 Å². The largest absolute Gasteiger partial charge is 0.507 e. The van der Waals surface area contributed by atoms with Crippen molar-refractivity contribution in [2.24, 2.45) is 0 Å². The number of phenols is 1. The number of nitrogens with zero attached hydrogens (tertiary/aromatic N) is 2. The van der Waals surface area contributed by atoms with E-state index in [-0.39, 0.29) is 17.7 Å². The van der Waals surface area contributed by atoms with Crippen LogP contribution in [-0.4, -0.2) is 39.8 Å². The molecule has 0 unspecified atom stereocenters. The molecule has 0 bridgehead atoms. The van der Waals surface area contributed by atoms with Crippen LogP contribution in [0, 0.1) is 6.92 Å². The van der Waals surface area contributed by atoms with Crippen LogP contribution in [0.25, 0.3) is 11.3 Å². The predicted octanol–water partition coefficient (Wildman–Crippen LogP) is 4.05. The zero-order valence-electron chi connectivity index (χ0n) is 16.2. The van der Waals surface area contributed by atoms with Crippen LogP contribution in [0.3, 0.4) is 0 Å². The summed E-state index contributed by atoms with van der Waals surface area (Å²) in [6.45, 7) is 4.65. The first kappa shape index (κ1) is 18.1. The van der Waals surface area contributed by atoms with Gasteiger partial charge in [0.25, 0.3) is 5.91 Å². The van der Waals surface area contributed by atoms with Gasteiger partial charge in [0.2, 0.25) is 0 Å². The summed E-state index contributed by atoms with van der Waals surface area (Å²) in [5.74, 6) is 0.845. The molecule has 28 heavy (non-hydrogen) atoms. The highest BCUT2D eigenvalue weighted by molar-refractivity contribution is 6.00. The lowest BCUT2D eigenvalue weighted by molar-refractivity contribution is 0.0744. The molecule has 0 radical (unpaired) electrons. The average Bonchev–Trinajstić information content (AvgIpc) is 3.24. The maximum atomic E-state index is 13.1. The van der Waals surface area contributed by atoms with Gasteiger partial charge in [0, 0.05) is 17.7 Å². The van der Waals surface area contributed by atoms with Crippen molar-refractivity contribution >= 4 is 5.91 Å². The van der Waals surface area contributed by atoms with Crippen molar-refractivity contribution < 1.29 is 14.6 Å². The van der Waals surface area contributed by atoms with Gasteiger partial charge >= 0.3 is 0 Å². The molecule has 6 heteroatoms. The Hall–Kier alpha value is -3.28. The molecule has 0 spiro atoms. The molecule has 2 N–H and O–H groups in total. The van der Waals surface area contributed by atoms with Gasteiger partial charge in [-0.15, -0.1) is 0 Å². The van der Waals surface area contributed by atoms with E-state index in [9.17, 15) is 9.90 Å². The number of aromatic hydroxyl groups is 1. The van der Waals surface area contributed by atoms with Crippen LogP contribution in [0.1, 0.15) is 46.6 Å². The SMILES string of the molecule is CCCN1C(=O)c2[nH]nc(-c3cc(C)ccc3O)c2[C@@H]1c1ccc(OC)cc1. The molecule has 3 aromatic rings. The summed E-state index contributed by atoms with van der Waals surface area (Å²) in [5, 5.41) is 17.8. The Bertz CT molecular complexity index is 1020. The number of phenolic OH excluding ortho intramolecular Hbond substituents is 1. The van der Waals surface area contributed by atoms with Gasteiger partial charge in [-0.3, -0.25) is 9.89 Å². The summed E-state index contributed by atoms with van der Waals surface area (Å²) >= 11 is 0. The van der Waals surface area contributed by atoms with Gasteiger partial charge in [-0.25, -0.2) is 0 Å². The highest BCUT2D eigenvalue weighted by atomic mass is 16.5. The summed E-state index contributed by atoms with van der Waals surface area (Å²) in [5.41, 5.74) is 4.54. The van der Waals surface area contributed by atoms with E-state index >= 15 is 0 Å². The number of nitrogens with one attached hydrogen (secondary N) is 1. The number of hydrogen-bond donors (Lipinski definition) is 2. The van der Waals surface area contributed by atoms with Gasteiger partial charge in [0.05, 0.1) is 13.2 Å². The summed E-state index contributed by atoms with van der Waals surface area (Å²) in [6.07, 6.45) is 0.848. The number of rotatable bonds is 5. The smallest absolute Gasteiger partial charge is 0.273 e. The van der Waals surface area contributed by atoms with E-state index in [1.54, 1.807) is 13.2 Å². The zero-order chi connectivity index (χ0) is 19.8. The molecule has 2 heterocycles. The first-order valence-electron chi connectivity index (χ1n) is 9.38. The first-order chi connectivity index (χ1) is 13.5. The number of amides is 1. The Morgan fingerprint density at radius 1 is 1.21 bits per heavy atom. The lowest BCUT2D eigenvalue weighted by Gasteiger charge is -2.26. The molecule has 1 amide bonds. The van der Waals surface area contributed by atoms with Gasteiger partial charge < -0.3 is 14.7 Å². The average molecular weight is 377 g/mol. The van der Waals surface area contributed by atoms with Gasteiger partial charge in [-0.1, -0.05) is 30.7 Å². The van der Waals surface area contributed by atoms with Crippen molar-refractivity contribution in [3.63, 3.8) is 0 Å². The lowest BCUT2D eigenvalue weighted by Crippen LogP contribution is -2.30. The van der Waals surface area contributed by atoms with Crippen molar-refractivity contribution in [3.8, 4) is 22.8 Å². The van der Waals surface area contributed by atoms with Crippen LogP contribution in [-0.2, 0) is 0 Å². The third-order valence-corrected chi connectivity index (χ3v) is 5.17. The summed E-state index contributed by atoms with van der Waals surface area (Å²) < 4.78 is 5.27. The fourth-order valence-corrected chi connectivity index (χ4v) is 3.85. The number of aromatic amines is 1. The van der Waals surface area contributed by atoms with Crippen LogP contribution in [0.2, 0.25) is 0 Å². The lowest BCUT2D eigenvalue weighted by atomic mass is 9.95. The zero-order valence-corrected chi connectivity index (χ0v) is 16.2. The van der Waals surface area contributed by atoms with Gasteiger partial charge in [0.1, 0.15) is 22.9 Å². The Kier molecular flexibility index (Phi) is 4.55. The number of methoxy groups -OCH3 is 1. The molecule has 0 aliphatic carbocycles. The number of hydrogen-bond acceptors (Lipinski definition) is 4. The summed E-state index contributed by atoms with van der Waals surface area (Å²) in [6, 6.07) is 12.9. The molecule has 0 saturated carbocycles. The van der Waals surface area contributed by atoms with E-state index in [2.05, 4.69) is 17.1 Å². The molecule has 6 nitrogen and oxygen atoms in total. The Balaban J connectivity index is 1.90. The normalized spacial score (nSPS) is 15.8. The third-order valence-electron chi connectivity index (χ3n) is 5.17. The van der Waals surface area contributed by atoms with E-state index in [1.165, 1.54) is 0 Å². The van der Waals surface area contributed by atoms with Gasteiger partial charge in [-0.2, -0.15) is 5.10 Å². The highest BCUT2D eigenvalue weighted by Gasteiger charge is 2.42. The highest BCUT2D eigenvalue weighted by Crippen LogP contribution is 2.44. The topological polar surface area (TPSA) is 78.5 Å². The molecule has 0 fully saturated rings. The quantitative estimate of drug-likeness (QED) is 0.703. The standard InChI is InChI=1S/C22H23N3O3/c1-4-11-25-21(14-6-8-15(28-3)9-7-14)18-19(23-24-20(18)22(25)27)16-12-13(2)5-10-17(16)26/h5-10,12,21,26H,4,11H2,1-3H3,(H,23,24)/t21-/m0/s1. The van der Waals surface area contributed by atoms with Crippen LogP contribution >= 0.6 is 0 Å². The third kappa shape index (κ3) is 2.81. The van der Waals surface area contributed by atoms with E-state index in [1.807, 2.05) is 48.2 Å². The minimum Gasteiger partial charge on any atom is -0.507 e. The number of fused-ring (bicyclic) bond motifs is 1. The van der Waals surface area contributed by atoms with E-state index in [0.717, 1.165) is 28.9 Å². The van der Waals surface area contributed by atoms with Crippen molar-refractivity contribution in [3.05, 3.63) is 64.8 Å². The maximum Gasteiger partial charge on any atom is 0.273 e. The number of carbonyl (C=O) groups is 1. The monoisotopic (exact) mass is 377 g/mol. The van der Waals surface area contributed by atoms with Crippen molar-refractivity contribution in [1.82, 2.24) is 15.1 Å². The van der Waals surface area contributed by atoms with E-state index in [0.29, 0.717) is 23.5 Å². The van der Waals surface area contributed by atoms with Crippen LogP contribution in [0.4, 0.5) is 0 Å². The Labute approximate surface area is 163 Å². The Morgan fingerprint density at radius 3 is 2.64 bits per heavy atom. The number of H-pyrrole nitrogens is 1. The van der Waals surface area contributed by atoms with E-state index in [4.69, 9.17) is 4.74 Å². The number of aromatic nitrogens is 2. The molecule has 1 aliphatic heterocycles. The van der Waals surface area contributed by atoms with Crippen molar-refractivity contribution in [2.75, 3.05) is 13.7 Å². The number of aryl methyl sites for hydroxylation is 1. The minimum atomic E-state index is -0.262. The number of carbonyl (C=O) groups excluding carboxylic acids is 1. The predicted molar refractivity (Wildman–Crippen MR) is 107 cm³/mol. The second kappa shape index (κ2) is 7.03. The number of benzene rings is 2. The second-order valence-corrected chi connectivity index (χ2v) is 7.06. The van der Waals surface area contributed by atoms with Gasteiger partial charge in [0.15, 0.2) is 0 Å². The van der Waals surface area contributed by atoms with Gasteiger partial charge in [-0.05, 0) is 43.2 Å². The molecule has 1 atom stereocenters. The summed E-state index contributed by atoms with van der Waals surface area (Å²) in [7, 11) is 1.63. The van der Waals surface area contributed by atoms with Crippen molar-refractivity contribution in [2.45, 2.75) is 26.3 Å². The van der Waals surface area contributed by atoms with Crippen LogP contribution in [0.15, 0.2) is 42.5 Å². The fourth-order valence-electron chi connectivity index (χ4n) is 3.85. The number of ether oxygens (including phenoxy) is 1. The van der Waals surface area contributed by atoms with E-state index < -0.39 is 0 Å². The minimum absolute atomic E-state index is 0.0661. The maximum absolute atomic E-state index is 13.1. The molecule has 1 aromatic heterocycles. The Morgan fingerprint density at radius 2 is 1.96 bits per heavy atom. The molecule has 4 rings (SSSR count). The molecule has 0 saturated heterocycles. The molecule has 1 aliphatic rings. The molecular formula is C22H23N3O3. The fraction of sp³-hybridized carbons (Fsp3) is 0.273. The molecule has 144 valence electrons.